The van der Waals surface area contributed by atoms with Crippen molar-refractivity contribution < 1.29 is 22.7 Å². The van der Waals surface area contributed by atoms with Crippen LogP contribution in [0.25, 0.3) is 0 Å². The van der Waals surface area contributed by atoms with E-state index in [0.717, 1.165) is 44.3 Å². The molecule has 1 aromatic heterocycles. The predicted octanol–water partition coefficient (Wildman–Crippen LogP) is 3.48. The molecule has 0 atom stereocenters. The second kappa shape index (κ2) is 7.74. The van der Waals surface area contributed by atoms with Gasteiger partial charge in [-0.2, -0.15) is 13.2 Å². The molecule has 2 N–H and O–H groups in total. The van der Waals surface area contributed by atoms with E-state index in [1.807, 2.05) is 0 Å². The molecule has 0 unspecified atom stereocenters. The van der Waals surface area contributed by atoms with Gasteiger partial charge in [-0.25, -0.2) is 0 Å². The maximum absolute atomic E-state index is 12.5. The van der Waals surface area contributed by atoms with Crippen LogP contribution in [-0.2, 0) is 6.18 Å². The van der Waals surface area contributed by atoms with Crippen molar-refractivity contribution >= 4 is 11.6 Å². The highest BCUT2D eigenvalue weighted by atomic mass is 19.4. The monoisotopic (exact) mass is 365 g/mol. The lowest BCUT2D eigenvalue weighted by Crippen LogP contribution is -2.34. The predicted molar refractivity (Wildman–Crippen MR) is 90.2 cm³/mol. The molecule has 2 heterocycles. The number of rotatable bonds is 4. The van der Waals surface area contributed by atoms with Crippen molar-refractivity contribution in [1.82, 2.24) is 10.3 Å². The number of ether oxygens (including phenoxy) is 1. The van der Waals surface area contributed by atoms with Gasteiger partial charge in [0.25, 0.3) is 5.91 Å². The van der Waals surface area contributed by atoms with Gasteiger partial charge in [-0.1, -0.05) is 0 Å². The van der Waals surface area contributed by atoms with E-state index in [9.17, 15) is 18.0 Å². The van der Waals surface area contributed by atoms with E-state index in [1.165, 1.54) is 0 Å². The zero-order valence-corrected chi connectivity index (χ0v) is 13.8. The highest BCUT2D eigenvalue weighted by Gasteiger charge is 2.32. The molecule has 5 nitrogen and oxygen atoms in total. The SMILES string of the molecule is O=C(Nc1ccc(OC2CCNCC2)cc1)c1ccc(C(F)(F)F)nc1. The normalized spacial score (nSPS) is 15.5. The maximum Gasteiger partial charge on any atom is 0.433 e. The standard InChI is InChI=1S/C18H18F3N3O2/c19-18(20,21)16-6-1-12(11-23-16)17(25)24-13-2-4-14(5-3-13)26-15-7-9-22-10-8-15/h1-6,11,15,22H,7-10H2,(H,24,25). The molecule has 138 valence electrons. The Bertz CT molecular complexity index is 740. The van der Waals surface area contributed by atoms with Crippen molar-refractivity contribution in [1.29, 1.82) is 0 Å². The van der Waals surface area contributed by atoms with Gasteiger partial charge in [0.1, 0.15) is 17.5 Å². The van der Waals surface area contributed by atoms with Gasteiger partial charge < -0.3 is 15.4 Å². The maximum atomic E-state index is 12.5. The van der Waals surface area contributed by atoms with Crippen LogP contribution in [0.15, 0.2) is 42.6 Å². The molecule has 0 spiro atoms. The van der Waals surface area contributed by atoms with Gasteiger partial charge >= 0.3 is 6.18 Å². The van der Waals surface area contributed by atoms with Crippen LogP contribution in [0, 0.1) is 0 Å². The first-order chi connectivity index (χ1) is 12.4. The van der Waals surface area contributed by atoms with Crippen molar-refractivity contribution in [3.63, 3.8) is 0 Å². The topological polar surface area (TPSA) is 63.2 Å². The number of halogens is 3. The number of benzene rings is 1. The van der Waals surface area contributed by atoms with Gasteiger partial charge in [0.15, 0.2) is 0 Å². The Balaban J connectivity index is 1.58. The Labute approximate surface area is 148 Å². The molecule has 0 radical (unpaired) electrons. The van der Waals surface area contributed by atoms with Crippen molar-refractivity contribution in [2.45, 2.75) is 25.1 Å². The number of nitrogens with one attached hydrogen (secondary N) is 2. The fourth-order valence-corrected chi connectivity index (χ4v) is 2.62. The van der Waals surface area contributed by atoms with Gasteiger partial charge in [-0.05, 0) is 62.3 Å². The van der Waals surface area contributed by atoms with Crippen LogP contribution in [0.3, 0.4) is 0 Å². The molecule has 2 aromatic rings. The Hall–Kier alpha value is -2.61. The molecule has 3 rings (SSSR count). The molecule has 0 aliphatic carbocycles. The summed E-state index contributed by atoms with van der Waals surface area (Å²) in [6.07, 6.45) is -1.56. The minimum atomic E-state index is -4.53. The van der Waals surface area contributed by atoms with Crippen LogP contribution >= 0.6 is 0 Å². The number of alkyl halides is 3. The summed E-state index contributed by atoms with van der Waals surface area (Å²) in [7, 11) is 0. The first kappa shape index (κ1) is 18.2. The Morgan fingerprint density at radius 2 is 1.81 bits per heavy atom. The van der Waals surface area contributed by atoms with E-state index in [2.05, 4.69) is 15.6 Å². The smallest absolute Gasteiger partial charge is 0.433 e. The van der Waals surface area contributed by atoms with Crippen LogP contribution in [-0.4, -0.2) is 30.1 Å². The molecule has 1 aromatic carbocycles. The molecule has 1 amide bonds. The van der Waals surface area contributed by atoms with Crippen molar-refractivity contribution in [2.75, 3.05) is 18.4 Å². The second-order valence-electron chi connectivity index (χ2n) is 5.98. The summed E-state index contributed by atoms with van der Waals surface area (Å²) in [6.45, 7) is 1.86. The second-order valence-corrected chi connectivity index (χ2v) is 5.98. The average molecular weight is 365 g/mol. The molecule has 1 aliphatic heterocycles. The van der Waals surface area contributed by atoms with Crippen LogP contribution < -0.4 is 15.4 Å². The van der Waals surface area contributed by atoms with E-state index in [0.29, 0.717) is 11.4 Å². The lowest BCUT2D eigenvalue weighted by atomic mass is 10.1. The van der Waals surface area contributed by atoms with Crippen LogP contribution in [0.2, 0.25) is 0 Å². The Morgan fingerprint density at radius 1 is 1.12 bits per heavy atom. The average Bonchev–Trinajstić information content (AvgIpc) is 2.63. The molecule has 1 fully saturated rings. The number of pyridine rings is 1. The van der Waals surface area contributed by atoms with Crippen molar-refractivity contribution in [3.05, 3.63) is 53.9 Å². The Morgan fingerprint density at radius 3 is 2.38 bits per heavy atom. The summed E-state index contributed by atoms with van der Waals surface area (Å²) in [5.74, 6) is 0.185. The number of carbonyl (C=O) groups excluding carboxylic acids is 1. The van der Waals surface area contributed by atoms with Gasteiger partial charge in [0.2, 0.25) is 0 Å². The van der Waals surface area contributed by atoms with E-state index in [1.54, 1.807) is 24.3 Å². The van der Waals surface area contributed by atoms with E-state index < -0.39 is 17.8 Å². The lowest BCUT2D eigenvalue weighted by molar-refractivity contribution is -0.141. The number of aromatic nitrogens is 1. The third-order valence-electron chi connectivity index (χ3n) is 4.02. The van der Waals surface area contributed by atoms with Gasteiger partial charge in [-0.3, -0.25) is 9.78 Å². The fraction of sp³-hybridized carbons (Fsp3) is 0.333. The van der Waals surface area contributed by atoms with Crippen molar-refractivity contribution in [3.8, 4) is 5.75 Å². The molecule has 26 heavy (non-hydrogen) atoms. The number of piperidine rings is 1. The first-order valence-corrected chi connectivity index (χ1v) is 8.24. The molecule has 0 saturated carbocycles. The van der Waals surface area contributed by atoms with Gasteiger partial charge in [-0.15, -0.1) is 0 Å². The quantitative estimate of drug-likeness (QED) is 0.871. The lowest BCUT2D eigenvalue weighted by Gasteiger charge is -2.23. The zero-order valence-electron chi connectivity index (χ0n) is 13.8. The number of anilines is 1. The highest BCUT2D eigenvalue weighted by molar-refractivity contribution is 6.04. The van der Waals surface area contributed by atoms with Gasteiger partial charge in [0.05, 0.1) is 5.56 Å². The zero-order chi connectivity index (χ0) is 18.6. The minimum absolute atomic E-state index is 0.0491. The summed E-state index contributed by atoms with van der Waals surface area (Å²) < 4.78 is 43.4. The summed E-state index contributed by atoms with van der Waals surface area (Å²) >= 11 is 0. The third kappa shape index (κ3) is 4.72. The number of hydrogen-bond donors (Lipinski definition) is 2. The molecule has 8 heteroatoms. The first-order valence-electron chi connectivity index (χ1n) is 8.24. The van der Waals surface area contributed by atoms with Crippen LogP contribution in [0.1, 0.15) is 28.9 Å². The van der Waals surface area contributed by atoms with Gasteiger partial charge in [0, 0.05) is 11.9 Å². The number of nitrogens with zero attached hydrogens (tertiary/aromatic N) is 1. The summed E-state index contributed by atoms with van der Waals surface area (Å²) in [6, 6.07) is 8.76. The minimum Gasteiger partial charge on any atom is -0.490 e. The molecule has 0 bridgehead atoms. The third-order valence-corrected chi connectivity index (χ3v) is 4.02. The summed E-state index contributed by atoms with van der Waals surface area (Å²) in [5, 5.41) is 5.88. The molecule has 1 saturated heterocycles. The number of carbonyl (C=O) groups is 1. The molecular weight excluding hydrogens is 347 g/mol. The summed E-state index contributed by atoms with van der Waals surface area (Å²) in [5.41, 5.74) is -0.464. The molecular formula is C18H18F3N3O2. The van der Waals surface area contributed by atoms with E-state index in [-0.39, 0.29) is 11.7 Å². The number of hydrogen-bond acceptors (Lipinski definition) is 4. The van der Waals surface area contributed by atoms with Crippen molar-refractivity contribution in [2.24, 2.45) is 0 Å². The van der Waals surface area contributed by atoms with E-state index >= 15 is 0 Å². The Kier molecular flexibility index (Phi) is 5.41. The number of amides is 1. The van der Waals surface area contributed by atoms with Crippen LogP contribution in [0.5, 0.6) is 5.75 Å². The fourth-order valence-electron chi connectivity index (χ4n) is 2.62. The van der Waals surface area contributed by atoms with Crippen LogP contribution in [0.4, 0.5) is 18.9 Å². The highest BCUT2D eigenvalue weighted by Crippen LogP contribution is 2.27. The summed E-state index contributed by atoms with van der Waals surface area (Å²) in [4.78, 5) is 15.4. The molecule has 1 aliphatic rings. The largest absolute Gasteiger partial charge is 0.490 e. The van der Waals surface area contributed by atoms with E-state index in [4.69, 9.17) is 4.74 Å².